The molecular formula is C22H23N3O. The molecule has 4 heteroatoms. The van der Waals surface area contributed by atoms with Crippen molar-refractivity contribution < 1.29 is 4.79 Å². The Bertz CT molecular complexity index is 1050. The number of aromatic nitrogens is 1. The number of benzene rings is 2. The van der Waals surface area contributed by atoms with Gasteiger partial charge in [0.1, 0.15) is 0 Å². The number of nitrogens with zero attached hydrogens (tertiary/aromatic N) is 2. The van der Waals surface area contributed by atoms with Crippen LogP contribution in [0.4, 0.5) is 0 Å². The number of nitrogens with two attached hydrogens (primary N) is 1. The molecule has 0 saturated carbocycles. The largest absolute Gasteiger partial charge is 0.366 e. The highest BCUT2D eigenvalue weighted by Gasteiger charge is 2.20. The molecule has 0 bridgehead atoms. The van der Waals surface area contributed by atoms with Crippen molar-refractivity contribution in [3.63, 3.8) is 0 Å². The number of hydrogen-bond acceptors (Lipinski definition) is 2. The summed E-state index contributed by atoms with van der Waals surface area (Å²) in [6.45, 7) is 8.72. The van der Waals surface area contributed by atoms with Gasteiger partial charge in [0.15, 0.2) is 0 Å². The molecule has 1 aromatic heterocycles. The van der Waals surface area contributed by atoms with Crippen LogP contribution in [0, 0.1) is 25.2 Å². The number of carbonyl (C=O) groups excluding carboxylic acids is 1. The molecule has 3 aromatic rings. The molecule has 2 N–H and O–H groups in total. The van der Waals surface area contributed by atoms with Crippen LogP contribution >= 0.6 is 0 Å². The third-order valence-electron chi connectivity index (χ3n) is 5.19. The first-order valence-electron chi connectivity index (χ1n) is 8.64. The van der Waals surface area contributed by atoms with E-state index in [1.165, 1.54) is 0 Å². The van der Waals surface area contributed by atoms with E-state index in [9.17, 15) is 10.1 Å². The minimum absolute atomic E-state index is 0.414. The maximum atomic E-state index is 11.5. The van der Waals surface area contributed by atoms with Crippen LogP contribution in [0.5, 0.6) is 0 Å². The fourth-order valence-electron chi connectivity index (χ4n) is 3.31. The van der Waals surface area contributed by atoms with Crippen LogP contribution < -0.4 is 5.73 Å². The Morgan fingerprint density at radius 1 is 1.19 bits per heavy atom. The molecule has 0 aliphatic heterocycles. The molecule has 0 unspecified atom stereocenters. The lowest BCUT2D eigenvalue weighted by atomic mass is 9.85. The van der Waals surface area contributed by atoms with Gasteiger partial charge in [0.25, 0.3) is 0 Å². The van der Waals surface area contributed by atoms with Gasteiger partial charge in [-0.05, 0) is 62.6 Å². The minimum atomic E-state index is -0.518. The standard InChI is InChI=1S/C22H23N3O/c1-14-15(2)25(20-9-8-17(21(24)26)11-19(14)20)12-16-6-5-7-18(10-16)22(3,4)13-23/h5-11H,12H2,1-4H3,(H2,24,26). The van der Waals surface area contributed by atoms with Crippen molar-refractivity contribution in [2.24, 2.45) is 5.73 Å². The predicted octanol–water partition coefficient (Wildman–Crippen LogP) is 4.21. The topological polar surface area (TPSA) is 71.8 Å². The third kappa shape index (κ3) is 2.97. The lowest BCUT2D eigenvalue weighted by molar-refractivity contribution is 0.100. The molecule has 0 saturated heterocycles. The van der Waals surface area contributed by atoms with Gasteiger partial charge in [0.05, 0.1) is 11.5 Å². The van der Waals surface area contributed by atoms with E-state index in [0.717, 1.165) is 33.3 Å². The van der Waals surface area contributed by atoms with Crippen molar-refractivity contribution in [2.45, 2.75) is 39.7 Å². The molecule has 0 aliphatic carbocycles. The maximum absolute atomic E-state index is 11.5. The van der Waals surface area contributed by atoms with Gasteiger partial charge in [-0.15, -0.1) is 0 Å². The fraction of sp³-hybridized carbons (Fsp3) is 0.273. The van der Waals surface area contributed by atoms with Gasteiger partial charge in [-0.2, -0.15) is 5.26 Å². The van der Waals surface area contributed by atoms with E-state index in [1.807, 2.05) is 38.1 Å². The van der Waals surface area contributed by atoms with E-state index in [0.29, 0.717) is 12.1 Å². The molecule has 132 valence electrons. The van der Waals surface area contributed by atoms with Crippen LogP contribution in [0.2, 0.25) is 0 Å². The number of hydrogen-bond donors (Lipinski definition) is 1. The Balaban J connectivity index is 2.08. The van der Waals surface area contributed by atoms with Crippen molar-refractivity contribution in [1.29, 1.82) is 5.26 Å². The summed E-state index contributed by atoms with van der Waals surface area (Å²) in [6.07, 6.45) is 0. The summed E-state index contributed by atoms with van der Waals surface area (Å²) < 4.78 is 2.24. The smallest absolute Gasteiger partial charge is 0.248 e. The lowest BCUT2D eigenvalue weighted by Crippen LogP contribution is -2.14. The fourth-order valence-corrected chi connectivity index (χ4v) is 3.31. The van der Waals surface area contributed by atoms with Crippen molar-refractivity contribution in [3.8, 4) is 6.07 Å². The Hall–Kier alpha value is -3.06. The summed E-state index contributed by atoms with van der Waals surface area (Å²) in [7, 11) is 0. The second kappa shape index (κ2) is 6.34. The van der Waals surface area contributed by atoms with E-state index >= 15 is 0 Å². The normalized spacial score (nSPS) is 11.5. The van der Waals surface area contributed by atoms with Crippen LogP contribution in [0.3, 0.4) is 0 Å². The van der Waals surface area contributed by atoms with Gasteiger partial charge >= 0.3 is 0 Å². The summed E-state index contributed by atoms with van der Waals surface area (Å²) in [6, 6.07) is 16.1. The molecule has 0 aliphatic rings. The molecular weight excluding hydrogens is 322 g/mol. The molecule has 0 radical (unpaired) electrons. The molecule has 0 fully saturated rings. The Kier molecular flexibility index (Phi) is 4.33. The van der Waals surface area contributed by atoms with Crippen LogP contribution in [0.1, 0.15) is 46.6 Å². The summed E-state index contributed by atoms with van der Waals surface area (Å²) in [4.78, 5) is 11.5. The van der Waals surface area contributed by atoms with Gasteiger partial charge in [-0.3, -0.25) is 4.79 Å². The molecule has 1 amide bonds. The molecule has 0 atom stereocenters. The number of nitriles is 1. The van der Waals surface area contributed by atoms with Gasteiger partial charge in [0.2, 0.25) is 5.91 Å². The summed E-state index contributed by atoms with van der Waals surface area (Å²) in [5.41, 5.74) is 11.0. The van der Waals surface area contributed by atoms with E-state index in [1.54, 1.807) is 6.07 Å². The average molecular weight is 345 g/mol. The first-order chi connectivity index (χ1) is 12.2. The van der Waals surface area contributed by atoms with Gasteiger partial charge in [0, 0.05) is 28.7 Å². The molecule has 2 aromatic carbocycles. The highest BCUT2D eigenvalue weighted by atomic mass is 16.1. The predicted molar refractivity (Wildman–Crippen MR) is 104 cm³/mol. The Morgan fingerprint density at radius 3 is 2.58 bits per heavy atom. The number of amides is 1. The molecule has 26 heavy (non-hydrogen) atoms. The van der Waals surface area contributed by atoms with Crippen molar-refractivity contribution in [1.82, 2.24) is 4.57 Å². The highest BCUT2D eigenvalue weighted by Crippen LogP contribution is 2.28. The molecule has 1 heterocycles. The van der Waals surface area contributed by atoms with E-state index in [2.05, 4.69) is 36.6 Å². The zero-order valence-electron chi connectivity index (χ0n) is 15.6. The molecule has 0 spiro atoms. The zero-order valence-corrected chi connectivity index (χ0v) is 15.6. The van der Waals surface area contributed by atoms with E-state index in [4.69, 9.17) is 5.73 Å². The van der Waals surface area contributed by atoms with Crippen molar-refractivity contribution in [3.05, 3.63) is 70.4 Å². The average Bonchev–Trinajstić information content (AvgIpc) is 2.86. The van der Waals surface area contributed by atoms with Crippen LogP contribution in [-0.4, -0.2) is 10.5 Å². The van der Waals surface area contributed by atoms with Gasteiger partial charge in [-0.1, -0.05) is 24.3 Å². The zero-order chi connectivity index (χ0) is 19.1. The quantitative estimate of drug-likeness (QED) is 0.769. The Morgan fingerprint density at radius 2 is 1.92 bits per heavy atom. The number of carbonyl (C=O) groups is 1. The number of rotatable bonds is 4. The van der Waals surface area contributed by atoms with Crippen molar-refractivity contribution in [2.75, 3.05) is 0 Å². The lowest BCUT2D eigenvalue weighted by Gasteiger charge is -2.17. The molecule has 3 rings (SSSR count). The maximum Gasteiger partial charge on any atom is 0.248 e. The summed E-state index contributed by atoms with van der Waals surface area (Å²) in [5.74, 6) is -0.414. The SMILES string of the molecule is Cc1c(C)n(Cc2cccc(C(C)(C)C#N)c2)c2ccc(C(N)=O)cc12. The van der Waals surface area contributed by atoms with E-state index in [-0.39, 0.29) is 0 Å². The van der Waals surface area contributed by atoms with Gasteiger partial charge in [-0.25, -0.2) is 0 Å². The van der Waals surface area contributed by atoms with Crippen LogP contribution in [0.25, 0.3) is 10.9 Å². The molecule has 4 nitrogen and oxygen atoms in total. The summed E-state index contributed by atoms with van der Waals surface area (Å²) >= 11 is 0. The second-order valence-electron chi connectivity index (χ2n) is 7.33. The highest BCUT2D eigenvalue weighted by molar-refractivity contribution is 5.98. The first kappa shape index (κ1) is 17.8. The second-order valence-corrected chi connectivity index (χ2v) is 7.33. The Labute approximate surface area is 153 Å². The monoisotopic (exact) mass is 345 g/mol. The summed E-state index contributed by atoms with van der Waals surface area (Å²) in [5, 5.41) is 10.4. The van der Waals surface area contributed by atoms with Crippen molar-refractivity contribution >= 4 is 16.8 Å². The first-order valence-corrected chi connectivity index (χ1v) is 8.64. The van der Waals surface area contributed by atoms with Crippen LogP contribution in [-0.2, 0) is 12.0 Å². The van der Waals surface area contributed by atoms with Gasteiger partial charge < -0.3 is 10.3 Å². The minimum Gasteiger partial charge on any atom is -0.366 e. The van der Waals surface area contributed by atoms with E-state index < -0.39 is 11.3 Å². The number of primary amides is 1. The number of fused-ring (bicyclic) bond motifs is 1. The van der Waals surface area contributed by atoms with Crippen LogP contribution in [0.15, 0.2) is 42.5 Å². The third-order valence-corrected chi connectivity index (χ3v) is 5.19. The number of aryl methyl sites for hydroxylation is 1.